The van der Waals surface area contributed by atoms with Crippen LogP contribution in [-0.2, 0) is 26.0 Å². The molecule has 3 rings (SSSR count). The first-order chi connectivity index (χ1) is 20.4. The summed E-state index contributed by atoms with van der Waals surface area (Å²) in [6.45, 7) is 7.74. The zero-order valence-corrected chi connectivity index (χ0v) is 26.8. The van der Waals surface area contributed by atoms with Crippen molar-refractivity contribution in [1.82, 2.24) is 20.3 Å². The van der Waals surface area contributed by atoms with Crippen LogP contribution in [0.2, 0.25) is 0 Å². The van der Waals surface area contributed by atoms with E-state index >= 15 is 0 Å². The summed E-state index contributed by atoms with van der Waals surface area (Å²) in [5.74, 6) is -0.320. The average Bonchev–Trinajstić information content (AvgIpc) is 3.82. The highest BCUT2D eigenvalue weighted by Gasteiger charge is 2.34. The van der Waals surface area contributed by atoms with E-state index in [1.807, 2.05) is 58.0 Å². The minimum Gasteiger partial charge on any atom is -0.497 e. The predicted molar refractivity (Wildman–Crippen MR) is 167 cm³/mol. The van der Waals surface area contributed by atoms with Crippen molar-refractivity contribution in [3.8, 4) is 5.75 Å². The van der Waals surface area contributed by atoms with Crippen LogP contribution in [0.4, 0.5) is 0 Å². The molecule has 4 atom stereocenters. The molecule has 0 spiro atoms. The molecule has 1 aliphatic carbocycles. The Hall–Kier alpha value is -2.99. The Morgan fingerprint density at radius 2 is 1.65 bits per heavy atom. The lowest BCUT2D eigenvalue weighted by molar-refractivity contribution is -0.131. The van der Waals surface area contributed by atoms with Crippen LogP contribution < -0.4 is 20.7 Å². The molecule has 1 unspecified atom stereocenters. The molecule has 1 saturated carbocycles. The molecule has 0 radical (unpaired) electrons. The molecule has 0 bridgehead atoms. The van der Waals surface area contributed by atoms with Gasteiger partial charge in [-0.3, -0.25) is 9.59 Å². The number of aliphatic hydroxyl groups is 1. The lowest BCUT2D eigenvalue weighted by Crippen LogP contribution is -2.57. The maximum absolute atomic E-state index is 13.7. The smallest absolute Gasteiger partial charge is 0.243 e. The molecule has 0 aliphatic heterocycles. The number of ether oxygens (including phenoxy) is 1. The van der Waals surface area contributed by atoms with Crippen molar-refractivity contribution in [3.05, 3.63) is 60.2 Å². The first-order valence-electron chi connectivity index (χ1n) is 15.1. The molecule has 43 heavy (non-hydrogen) atoms. The number of nitrogens with one attached hydrogen (secondary N) is 3. The van der Waals surface area contributed by atoms with Crippen molar-refractivity contribution in [3.63, 3.8) is 0 Å². The quantitative estimate of drug-likeness (QED) is 0.202. The van der Waals surface area contributed by atoms with Crippen molar-refractivity contribution in [1.29, 1.82) is 0 Å². The lowest BCUT2D eigenvalue weighted by atomic mass is 9.96. The van der Waals surface area contributed by atoms with E-state index in [4.69, 9.17) is 4.74 Å². The van der Waals surface area contributed by atoms with Crippen LogP contribution in [0.3, 0.4) is 0 Å². The first kappa shape index (κ1) is 34.5. The number of carbonyl (C=O) groups is 2. The number of benzene rings is 2. The molecule has 1 fully saturated rings. The van der Waals surface area contributed by atoms with Crippen LogP contribution >= 0.6 is 0 Å². The molecule has 11 heteroatoms. The fourth-order valence-corrected chi connectivity index (χ4v) is 6.41. The third kappa shape index (κ3) is 10.6. The molecule has 0 heterocycles. The molecule has 0 aromatic heterocycles. The van der Waals surface area contributed by atoms with Crippen LogP contribution in [0.25, 0.3) is 0 Å². The van der Waals surface area contributed by atoms with E-state index in [1.165, 1.54) is 23.5 Å². The number of aliphatic hydroxyl groups excluding tert-OH is 1. The number of sulfonamides is 1. The summed E-state index contributed by atoms with van der Waals surface area (Å²) in [6.07, 6.45) is 1.78. The number of nitrogens with zero attached hydrogens (tertiary/aromatic N) is 1. The molecule has 2 amide bonds. The maximum atomic E-state index is 13.7. The van der Waals surface area contributed by atoms with Crippen molar-refractivity contribution < 1.29 is 27.9 Å². The van der Waals surface area contributed by atoms with Crippen LogP contribution in [0, 0.1) is 11.8 Å². The molecule has 10 nitrogen and oxygen atoms in total. The van der Waals surface area contributed by atoms with Gasteiger partial charge < -0.3 is 25.8 Å². The van der Waals surface area contributed by atoms with Crippen LogP contribution in [0.15, 0.2) is 59.5 Å². The summed E-state index contributed by atoms with van der Waals surface area (Å²) < 4.78 is 33.9. The Labute approximate surface area is 256 Å². The molecule has 238 valence electrons. The van der Waals surface area contributed by atoms with Gasteiger partial charge in [0.25, 0.3) is 0 Å². The zero-order valence-electron chi connectivity index (χ0n) is 26.0. The van der Waals surface area contributed by atoms with Crippen molar-refractivity contribution in [2.45, 2.75) is 82.5 Å². The van der Waals surface area contributed by atoms with Gasteiger partial charge in [0.15, 0.2) is 0 Å². The number of amides is 2. The Morgan fingerprint density at radius 1 is 1.00 bits per heavy atom. The fourth-order valence-electron chi connectivity index (χ4n) is 4.79. The highest BCUT2D eigenvalue weighted by molar-refractivity contribution is 7.89. The number of hydrogen-bond donors (Lipinski definition) is 4. The van der Waals surface area contributed by atoms with Gasteiger partial charge >= 0.3 is 0 Å². The van der Waals surface area contributed by atoms with Gasteiger partial charge in [-0.2, -0.15) is 4.31 Å². The van der Waals surface area contributed by atoms with Gasteiger partial charge in [0.1, 0.15) is 11.8 Å². The van der Waals surface area contributed by atoms with Crippen molar-refractivity contribution in [2.75, 3.05) is 26.7 Å². The van der Waals surface area contributed by atoms with E-state index in [1.54, 1.807) is 12.1 Å². The molecule has 2 aromatic carbocycles. The Kier molecular flexibility index (Phi) is 13.0. The number of rotatable bonds is 18. The monoisotopic (exact) mass is 616 g/mol. The number of hydrogen-bond acceptors (Lipinski definition) is 7. The molecule has 4 N–H and O–H groups in total. The minimum atomic E-state index is -3.97. The summed E-state index contributed by atoms with van der Waals surface area (Å²) in [5, 5.41) is 20.6. The van der Waals surface area contributed by atoms with Gasteiger partial charge in [0.2, 0.25) is 21.8 Å². The molecule has 1 aliphatic rings. The second-order valence-electron chi connectivity index (χ2n) is 11.8. The second kappa shape index (κ2) is 16.2. The highest BCUT2D eigenvalue weighted by atomic mass is 32.2. The summed E-state index contributed by atoms with van der Waals surface area (Å²) >= 11 is 0. The first-order valence-corrected chi connectivity index (χ1v) is 16.6. The molecular weight excluding hydrogens is 568 g/mol. The van der Waals surface area contributed by atoms with Crippen molar-refractivity contribution in [2.24, 2.45) is 11.8 Å². The van der Waals surface area contributed by atoms with Crippen LogP contribution in [0.1, 0.15) is 52.5 Å². The molecule has 0 saturated heterocycles. The fraction of sp³-hybridized carbons (Fsp3) is 0.562. The molecule has 2 aromatic rings. The SMILES string of the molecule is CC[C@H](C)[C@H](NC(=O)CNC1CC1)C(=O)NC(Cc1ccccc1)[C@H](O)CN(CC(C)C)S(=O)(=O)c1ccc(OC)cc1. The van der Waals surface area contributed by atoms with Crippen LogP contribution in [0.5, 0.6) is 5.75 Å². The van der Waals surface area contributed by atoms with E-state index in [0.29, 0.717) is 18.2 Å². The van der Waals surface area contributed by atoms with Gasteiger partial charge in [-0.25, -0.2) is 8.42 Å². The third-order valence-corrected chi connectivity index (χ3v) is 9.53. The standard InChI is InChI=1S/C32H48N4O6S/c1-6-23(4)31(35-30(38)19-33-25-12-13-25)32(39)34-28(18-24-10-8-7-9-11-24)29(37)21-36(20-22(2)3)43(40,41)27-16-14-26(42-5)15-17-27/h7-11,14-17,22-23,25,28-29,31,33,37H,6,12-13,18-21H2,1-5H3,(H,34,39)(H,35,38)/t23-,28?,29+,31-/m0/s1. The van der Waals surface area contributed by atoms with E-state index < -0.39 is 34.1 Å². The maximum Gasteiger partial charge on any atom is 0.243 e. The zero-order chi connectivity index (χ0) is 31.6. The van der Waals surface area contributed by atoms with E-state index in [0.717, 1.165) is 18.4 Å². The minimum absolute atomic E-state index is 0.0170. The number of methoxy groups -OCH3 is 1. The normalized spacial score (nSPS) is 16.4. The Bertz CT molecular complexity index is 1270. The largest absolute Gasteiger partial charge is 0.497 e. The summed E-state index contributed by atoms with van der Waals surface area (Å²) in [4.78, 5) is 26.4. The van der Waals surface area contributed by atoms with Crippen molar-refractivity contribution >= 4 is 21.8 Å². The summed E-state index contributed by atoms with van der Waals surface area (Å²) in [6, 6.07) is 14.3. The average molecular weight is 617 g/mol. The van der Waals surface area contributed by atoms with E-state index in [-0.39, 0.29) is 48.7 Å². The molecular formula is C32H48N4O6S. The topological polar surface area (TPSA) is 137 Å². The van der Waals surface area contributed by atoms with E-state index in [2.05, 4.69) is 16.0 Å². The third-order valence-electron chi connectivity index (χ3n) is 7.69. The predicted octanol–water partition coefficient (Wildman–Crippen LogP) is 2.71. The van der Waals surface area contributed by atoms with Gasteiger partial charge in [0.05, 0.1) is 30.7 Å². The summed E-state index contributed by atoms with van der Waals surface area (Å²) in [7, 11) is -2.46. The van der Waals surface area contributed by atoms with E-state index in [9.17, 15) is 23.1 Å². The second-order valence-corrected chi connectivity index (χ2v) is 13.8. The Balaban J connectivity index is 1.84. The van der Waals surface area contributed by atoms with Gasteiger partial charge in [0, 0.05) is 19.1 Å². The van der Waals surface area contributed by atoms with Gasteiger partial charge in [-0.1, -0.05) is 64.4 Å². The van der Waals surface area contributed by atoms with Gasteiger partial charge in [-0.15, -0.1) is 0 Å². The van der Waals surface area contributed by atoms with Gasteiger partial charge in [-0.05, 0) is 60.9 Å². The Morgan fingerprint density at radius 3 is 2.21 bits per heavy atom. The number of carbonyl (C=O) groups excluding carboxylic acids is 2. The van der Waals surface area contributed by atoms with Crippen LogP contribution in [-0.4, -0.2) is 80.6 Å². The lowest BCUT2D eigenvalue weighted by Gasteiger charge is -2.32. The summed E-state index contributed by atoms with van der Waals surface area (Å²) in [5.41, 5.74) is 0.873. The highest BCUT2D eigenvalue weighted by Crippen LogP contribution is 2.22.